The van der Waals surface area contributed by atoms with Gasteiger partial charge in [-0.25, -0.2) is 0 Å². The average Bonchev–Trinajstić information content (AvgIpc) is 3.40. The largest absolute Gasteiger partial charge is 0.483 e. The average molecular weight is 442 g/mol. The van der Waals surface area contributed by atoms with Gasteiger partial charge in [0.25, 0.3) is 11.8 Å². The van der Waals surface area contributed by atoms with Gasteiger partial charge in [-0.3, -0.25) is 9.59 Å². The van der Waals surface area contributed by atoms with Crippen LogP contribution in [0.25, 0.3) is 0 Å². The first-order valence-electron chi connectivity index (χ1n) is 11.4. The lowest BCUT2D eigenvalue weighted by molar-refractivity contribution is -0.132. The number of carbonyl (C=O) groups is 2. The number of anilines is 1. The van der Waals surface area contributed by atoms with Gasteiger partial charge < -0.3 is 19.9 Å². The topological polar surface area (TPSA) is 61.9 Å². The zero-order valence-corrected chi connectivity index (χ0v) is 18.4. The summed E-state index contributed by atoms with van der Waals surface area (Å²) in [7, 11) is 0. The molecule has 2 aliphatic rings. The Balaban J connectivity index is 1.45. The van der Waals surface area contributed by atoms with Crippen LogP contribution in [0.5, 0.6) is 5.75 Å². The fraction of sp³-hybridized carbons (Fsp3) is 0.259. The van der Waals surface area contributed by atoms with Crippen molar-refractivity contribution >= 4 is 17.5 Å². The number of nitrogens with zero attached hydrogens (tertiary/aromatic N) is 2. The van der Waals surface area contributed by atoms with Crippen molar-refractivity contribution in [3.63, 3.8) is 0 Å². The van der Waals surface area contributed by atoms with Gasteiger partial charge in [0, 0.05) is 30.9 Å². The fourth-order valence-corrected chi connectivity index (χ4v) is 4.52. The summed E-state index contributed by atoms with van der Waals surface area (Å²) in [5.74, 6) is 0.565. The molecular formula is C27H27N3O3. The molecule has 2 aliphatic heterocycles. The molecule has 3 aromatic rings. The number of likely N-dealkylation sites (tertiary alicyclic amines) is 1. The molecule has 1 fully saturated rings. The molecule has 0 spiro atoms. The Kier molecular flexibility index (Phi) is 5.98. The Labute approximate surface area is 193 Å². The van der Waals surface area contributed by atoms with Crippen LogP contribution in [-0.2, 0) is 11.3 Å². The van der Waals surface area contributed by atoms with E-state index in [9.17, 15) is 9.59 Å². The summed E-state index contributed by atoms with van der Waals surface area (Å²) in [6.45, 7) is 2.04. The number of hydrogen-bond donors (Lipinski definition) is 1. The highest BCUT2D eigenvalue weighted by atomic mass is 16.5. The van der Waals surface area contributed by atoms with E-state index >= 15 is 0 Å². The minimum Gasteiger partial charge on any atom is -0.483 e. The van der Waals surface area contributed by atoms with E-state index < -0.39 is 6.17 Å². The Hall–Kier alpha value is -3.80. The second-order valence-electron chi connectivity index (χ2n) is 8.43. The van der Waals surface area contributed by atoms with Crippen LogP contribution in [-0.4, -0.2) is 41.3 Å². The maximum absolute atomic E-state index is 13.5. The molecule has 168 valence electrons. The van der Waals surface area contributed by atoms with Crippen LogP contribution in [0.4, 0.5) is 5.69 Å². The van der Waals surface area contributed by atoms with Gasteiger partial charge in [-0.2, -0.15) is 0 Å². The van der Waals surface area contributed by atoms with Gasteiger partial charge in [-0.15, -0.1) is 0 Å². The van der Waals surface area contributed by atoms with Crippen LogP contribution in [0.1, 0.15) is 40.5 Å². The first-order valence-corrected chi connectivity index (χ1v) is 11.4. The monoisotopic (exact) mass is 441 g/mol. The van der Waals surface area contributed by atoms with Crippen LogP contribution in [0, 0.1) is 0 Å². The highest BCUT2D eigenvalue weighted by molar-refractivity contribution is 6.01. The smallest absolute Gasteiger partial charge is 0.260 e. The van der Waals surface area contributed by atoms with Crippen LogP contribution < -0.4 is 10.1 Å². The summed E-state index contributed by atoms with van der Waals surface area (Å²) in [6, 6.07) is 25.1. The quantitative estimate of drug-likeness (QED) is 0.614. The number of carbonyl (C=O) groups excluding carboxylic acids is 2. The lowest BCUT2D eigenvalue weighted by Crippen LogP contribution is -2.42. The number of amides is 2. The second-order valence-corrected chi connectivity index (χ2v) is 8.43. The van der Waals surface area contributed by atoms with Crippen molar-refractivity contribution in [2.45, 2.75) is 25.6 Å². The molecule has 0 saturated carbocycles. The minimum atomic E-state index is -0.425. The molecule has 0 unspecified atom stereocenters. The molecule has 6 heteroatoms. The first-order chi connectivity index (χ1) is 16.2. The number of para-hydroxylation sites is 2. The van der Waals surface area contributed by atoms with Crippen molar-refractivity contribution in [1.82, 2.24) is 9.80 Å². The molecule has 1 atom stereocenters. The van der Waals surface area contributed by atoms with Gasteiger partial charge in [0.15, 0.2) is 6.61 Å². The highest BCUT2D eigenvalue weighted by Crippen LogP contribution is 2.37. The summed E-state index contributed by atoms with van der Waals surface area (Å²) in [4.78, 5) is 29.8. The van der Waals surface area contributed by atoms with E-state index in [1.54, 1.807) is 0 Å². The molecular weight excluding hydrogens is 414 g/mol. The molecule has 6 nitrogen and oxygen atoms in total. The summed E-state index contributed by atoms with van der Waals surface area (Å²) in [5, 5.41) is 3.53. The maximum Gasteiger partial charge on any atom is 0.260 e. The Bertz CT molecular complexity index is 1140. The minimum absolute atomic E-state index is 0.00136. The second kappa shape index (κ2) is 9.36. The van der Waals surface area contributed by atoms with Crippen LogP contribution in [0.2, 0.25) is 0 Å². The standard InChI is InChI=1S/C27H27N3O3/c31-25(29-16-8-9-17-29)19-33-24-15-7-5-13-22(24)26-28-23-14-6-4-12-21(23)27(32)30(26)18-20-10-2-1-3-11-20/h1-7,10-15,26,28H,8-9,16-19H2/t26-/m0/s1. The number of nitrogens with one attached hydrogen (secondary N) is 1. The van der Waals surface area contributed by atoms with Crippen molar-refractivity contribution in [1.29, 1.82) is 0 Å². The molecule has 1 N–H and O–H groups in total. The Morgan fingerprint density at radius 1 is 0.909 bits per heavy atom. The molecule has 5 rings (SSSR count). The van der Waals surface area contributed by atoms with E-state index in [-0.39, 0.29) is 18.4 Å². The molecule has 2 heterocycles. The third kappa shape index (κ3) is 4.42. The lowest BCUT2D eigenvalue weighted by Gasteiger charge is -2.38. The Morgan fingerprint density at radius 3 is 2.42 bits per heavy atom. The highest BCUT2D eigenvalue weighted by Gasteiger charge is 2.34. The van der Waals surface area contributed by atoms with Crippen LogP contribution >= 0.6 is 0 Å². The van der Waals surface area contributed by atoms with Crippen molar-refractivity contribution < 1.29 is 14.3 Å². The van der Waals surface area contributed by atoms with E-state index in [2.05, 4.69) is 5.32 Å². The summed E-state index contributed by atoms with van der Waals surface area (Å²) in [6.07, 6.45) is 1.67. The molecule has 3 aromatic carbocycles. The third-order valence-electron chi connectivity index (χ3n) is 6.24. The normalized spacial score (nSPS) is 17.5. The van der Waals surface area contributed by atoms with Crippen molar-refractivity contribution in [2.24, 2.45) is 0 Å². The lowest BCUT2D eigenvalue weighted by atomic mass is 10.0. The first kappa shape index (κ1) is 21.1. The predicted molar refractivity (Wildman–Crippen MR) is 127 cm³/mol. The van der Waals surface area contributed by atoms with Gasteiger partial charge in [-0.1, -0.05) is 60.7 Å². The van der Waals surface area contributed by atoms with E-state index in [0.717, 1.165) is 42.7 Å². The van der Waals surface area contributed by atoms with E-state index in [0.29, 0.717) is 17.9 Å². The summed E-state index contributed by atoms with van der Waals surface area (Å²) >= 11 is 0. The van der Waals surface area contributed by atoms with Gasteiger partial charge in [0.1, 0.15) is 11.9 Å². The zero-order chi connectivity index (χ0) is 22.6. The summed E-state index contributed by atoms with van der Waals surface area (Å²) < 4.78 is 6.02. The van der Waals surface area contributed by atoms with Gasteiger partial charge >= 0.3 is 0 Å². The SMILES string of the molecule is O=C(COc1ccccc1[C@H]1Nc2ccccc2C(=O)N1Cc1ccccc1)N1CCCC1. The third-order valence-corrected chi connectivity index (χ3v) is 6.24. The Morgan fingerprint density at radius 2 is 1.61 bits per heavy atom. The van der Waals surface area contributed by atoms with Crippen molar-refractivity contribution in [3.05, 3.63) is 95.6 Å². The van der Waals surface area contributed by atoms with Crippen LogP contribution in [0.3, 0.4) is 0 Å². The molecule has 2 amide bonds. The fourth-order valence-electron chi connectivity index (χ4n) is 4.52. The number of hydrogen-bond acceptors (Lipinski definition) is 4. The number of rotatable bonds is 6. The van der Waals surface area contributed by atoms with Gasteiger partial charge in [0.2, 0.25) is 0 Å². The van der Waals surface area contributed by atoms with Crippen molar-refractivity contribution in [3.8, 4) is 5.75 Å². The van der Waals surface area contributed by atoms with Gasteiger partial charge in [-0.05, 0) is 36.6 Å². The molecule has 0 aliphatic carbocycles. The molecule has 0 bridgehead atoms. The van der Waals surface area contributed by atoms with E-state index in [1.807, 2.05) is 88.7 Å². The molecule has 1 saturated heterocycles. The van der Waals surface area contributed by atoms with Crippen LogP contribution in [0.15, 0.2) is 78.9 Å². The molecule has 0 aromatic heterocycles. The van der Waals surface area contributed by atoms with Gasteiger partial charge in [0.05, 0.1) is 5.56 Å². The number of benzene rings is 3. The molecule has 33 heavy (non-hydrogen) atoms. The predicted octanol–water partition coefficient (Wildman–Crippen LogP) is 4.45. The van der Waals surface area contributed by atoms with Crippen molar-refractivity contribution in [2.75, 3.05) is 25.0 Å². The zero-order valence-electron chi connectivity index (χ0n) is 18.4. The molecule has 0 radical (unpaired) electrons. The summed E-state index contributed by atoms with van der Waals surface area (Å²) in [5.41, 5.74) is 3.30. The van der Waals surface area contributed by atoms with E-state index in [1.165, 1.54) is 0 Å². The number of ether oxygens (including phenoxy) is 1. The van der Waals surface area contributed by atoms with E-state index in [4.69, 9.17) is 4.74 Å². The maximum atomic E-state index is 13.5. The number of fused-ring (bicyclic) bond motifs is 1.